The molecular formula is C20H28IN3O2. The number of nitrogens with zero attached hydrogens (tertiary/aromatic N) is 2. The molecule has 1 aliphatic rings. The van der Waals surface area contributed by atoms with E-state index in [4.69, 9.17) is 0 Å². The first-order valence-electron chi connectivity index (χ1n) is 9.15. The van der Waals surface area contributed by atoms with Gasteiger partial charge in [0.25, 0.3) is 5.82 Å². The molecular weight excluding hydrogens is 441 g/mol. The van der Waals surface area contributed by atoms with Gasteiger partial charge in [0.1, 0.15) is 24.7 Å². The second-order valence-corrected chi connectivity index (χ2v) is 7.01. The molecule has 0 bridgehead atoms. The first-order chi connectivity index (χ1) is 12.1. The zero-order valence-electron chi connectivity index (χ0n) is 15.5. The van der Waals surface area contributed by atoms with Crippen LogP contribution in [0.5, 0.6) is 5.75 Å². The lowest BCUT2D eigenvalue weighted by Gasteiger charge is -2.14. The maximum absolute atomic E-state index is 12.2. The Labute approximate surface area is 172 Å². The number of aromatic nitrogens is 2. The Morgan fingerprint density at radius 1 is 1.35 bits per heavy atom. The van der Waals surface area contributed by atoms with Crippen LogP contribution in [0.2, 0.25) is 0 Å². The number of hydrogen-bond donors (Lipinski definition) is 2. The zero-order valence-corrected chi connectivity index (χ0v) is 17.7. The molecule has 26 heavy (non-hydrogen) atoms. The molecule has 1 fully saturated rings. The van der Waals surface area contributed by atoms with Gasteiger partial charge in [0.15, 0.2) is 0 Å². The number of phenols is 1. The smallest absolute Gasteiger partial charge is 0.253 e. The number of phenolic OH excluding ortho intramolecular Hbond substituents is 1. The minimum absolute atomic E-state index is 0. The summed E-state index contributed by atoms with van der Waals surface area (Å²) in [6.45, 7) is 3.37. The van der Waals surface area contributed by atoms with Crippen molar-refractivity contribution in [3.05, 3.63) is 47.5 Å². The van der Waals surface area contributed by atoms with Gasteiger partial charge in [0, 0.05) is 12.5 Å². The Morgan fingerprint density at radius 2 is 2.08 bits per heavy atom. The van der Waals surface area contributed by atoms with Crippen molar-refractivity contribution in [3.63, 3.8) is 0 Å². The third-order valence-electron chi connectivity index (χ3n) is 5.37. The van der Waals surface area contributed by atoms with Gasteiger partial charge in [-0.25, -0.2) is 9.13 Å². The predicted molar refractivity (Wildman–Crippen MR) is 96.4 cm³/mol. The van der Waals surface area contributed by atoms with Gasteiger partial charge in [-0.15, -0.1) is 0 Å². The van der Waals surface area contributed by atoms with E-state index in [0.717, 1.165) is 36.3 Å². The molecule has 142 valence electrons. The van der Waals surface area contributed by atoms with E-state index in [-0.39, 0.29) is 36.3 Å². The molecule has 3 rings (SSSR count). The standard InChI is InChI=1S/C20H27N3O2.HI/c1-15-22(2)12-13-23(15)11-10-21-19(24)14-17-8-5-9-18(20(17)25)16-6-3-4-7-16;/h5,8-9,12-13,16H,3-4,6-7,10-11,14H2,1-2H3,(H-,21,24,25);1H. The molecule has 5 nitrogen and oxygen atoms in total. The first-order valence-corrected chi connectivity index (χ1v) is 9.15. The third kappa shape index (κ3) is 4.78. The van der Waals surface area contributed by atoms with E-state index >= 15 is 0 Å². The van der Waals surface area contributed by atoms with Crippen molar-refractivity contribution in [1.82, 2.24) is 9.88 Å². The number of aromatic hydroxyl groups is 1. The summed E-state index contributed by atoms with van der Waals surface area (Å²) in [6, 6.07) is 5.81. The number of carbonyl (C=O) groups excluding carboxylic acids is 1. The Bertz CT molecular complexity index is 752. The van der Waals surface area contributed by atoms with E-state index in [0.29, 0.717) is 18.2 Å². The number of para-hydroxylation sites is 1. The van der Waals surface area contributed by atoms with Crippen molar-refractivity contribution in [2.24, 2.45) is 7.05 Å². The average molecular weight is 469 g/mol. The summed E-state index contributed by atoms with van der Waals surface area (Å²) in [4.78, 5) is 12.2. The Kier molecular flexibility index (Phi) is 7.49. The molecule has 0 saturated heterocycles. The molecule has 0 aliphatic heterocycles. The minimum Gasteiger partial charge on any atom is -1.00 e. The van der Waals surface area contributed by atoms with Gasteiger partial charge in [0.2, 0.25) is 5.91 Å². The molecule has 6 heteroatoms. The largest absolute Gasteiger partial charge is 1.00 e. The molecule has 0 spiro atoms. The second-order valence-electron chi connectivity index (χ2n) is 7.01. The van der Waals surface area contributed by atoms with Crippen molar-refractivity contribution in [2.75, 3.05) is 6.54 Å². The van der Waals surface area contributed by atoms with Crippen LogP contribution in [-0.2, 0) is 24.8 Å². The molecule has 1 heterocycles. The number of benzene rings is 1. The van der Waals surface area contributed by atoms with Crippen molar-refractivity contribution in [1.29, 1.82) is 0 Å². The lowest BCUT2D eigenvalue weighted by Crippen LogP contribution is -3.00. The number of amides is 1. The van der Waals surface area contributed by atoms with Crippen molar-refractivity contribution < 1.29 is 38.4 Å². The normalized spacial score (nSPS) is 14.2. The van der Waals surface area contributed by atoms with Gasteiger partial charge in [-0.2, -0.15) is 0 Å². The Balaban J connectivity index is 0.00000243. The second kappa shape index (κ2) is 9.39. The number of halogens is 1. The third-order valence-corrected chi connectivity index (χ3v) is 5.37. The fourth-order valence-electron chi connectivity index (χ4n) is 3.71. The van der Waals surface area contributed by atoms with Crippen molar-refractivity contribution in [3.8, 4) is 5.75 Å². The number of rotatable bonds is 6. The molecule has 1 aromatic heterocycles. The highest BCUT2D eigenvalue weighted by Gasteiger charge is 2.21. The van der Waals surface area contributed by atoms with Crippen LogP contribution < -0.4 is 33.9 Å². The molecule has 2 N–H and O–H groups in total. The summed E-state index contributed by atoms with van der Waals surface area (Å²) in [6.07, 6.45) is 8.97. The molecule has 1 saturated carbocycles. The van der Waals surface area contributed by atoms with Crippen molar-refractivity contribution >= 4 is 5.91 Å². The van der Waals surface area contributed by atoms with E-state index < -0.39 is 0 Å². The summed E-state index contributed by atoms with van der Waals surface area (Å²) in [5.74, 6) is 1.86. The van der Waals surface area contributed by atoms with Gasteiger partial charge in [-0.05, 0) is 24.3 Å². The topological polar surface area (TPSA) is 58.1 Å². The van der Waals surface area contributed by atoms with Crippen LogP contribution in [0.1, 0.15) is 48.6 Å². The van der Waals surface area contributed by atoms with Gasteiger partial charge >= 0.3 is 0 Å². The number of imidazole rings is 1. The van der Waals surface area contributed by atoms with Crippen molar-refractivity contribution in [2.45, 2.75) is 51.5 Å². The molecule has 1 aliphatic carbocycles. The molecule has 2 aromatic rings. The van der Waals surface area contributed by atoms with Gasteiger partial charge < -0.3 is 34.4 Å². The van der Waals surface area contributed by atoms with E-state index in [1.807, 2.05) is 49.1 Å². The molecule has 1 aromatic carbocycles. The highest BCUT2D eigenvalue weighted by Crippen LogP contribution is 2.39. The number of hydrogen-bond acceptors (Lipinski definition) is 2. The van der Waals surface area contributed by atoms with Crippen LogP contribution in [-0.4, -0.2) is 22.1 Å². The SMILES string of the molecule is Cc1n(CCNC(=O)Cc2cccc(C3CCCC3)c2O)cc[n+]1C.[I-]. The average Bonchev–Trinajstić information content (AvgIpc) is 3.22. The number of aryl methyl sites for hydroxylation is 1. The lowest BCUT2D eigenvalue weighted by molar-refractivity contribution is -0.677. The summed E-state index contributed by atoms with van der Waals surface area (Å²) < 4.78 is 4.16. The van der Waals surface area contributed by atoms with Crippen LogP contribution in [0.15, 0.2) is 30.6 Å². The first kappa shape index (κ1) is 20.7. The fourth-order valence-corrected chi connectivity index (χ4v) is 3.71. The van der Waals surface area contributed by atoms with Crippen LogP contribution in [0.4, 0.5) is 0 Å². The van der Waals surface area contributed by atoms with Crippen LogP contribution in [0, 0.1) is 6.92 Å². The Morgan fingerprint density at radius 3 is 2.73 bits per heavy atom. The van der Waals surface area contributed by atoms with E-state index in [1.54, 1.807) is 0 Å². The molecule has 0 atom stereocenters. The summed E-state index contributed by atoms with van der Waals surface area (Å²) in [5.41, 5.74) is 1.74. The Hall–Kier alpha value is -1.57. The maximum Gasteiger partial charge on any atom is 0.253 e. The van der Waals surface area contributed by atoms with E-state index in [2.05, 4.69) is 9.88 Å². The minimum atomic E-state index is -0.0481. The summed E-state index contributed by atoms with van der Waals surface area (Å²) in [7, 11) is 2.00. The summed E-state index contributed by atoms with van der Waals surface area (Å²) >= 11 is 0. The van der Waals surface area contributed by atoms with Crippen LogP contribution >= 0.6 is 0 Å². The van der Waals surface area contributed by atoms with Crippen LogP contribution in [0.25, 0.3) is 0 Å². The lowest BCUT2D eigenvalue weighted by atomic mass is 9.94. The molecule has 0 radical (unpaired) electrons. The van der Waals surface area contributed by atoms with Gasteiger partial charge in [-0.1, -0.05) is 31.0 Å². The molecule has 1 amide bonds. The van der Waals surface area contributed by atoms with Crippen LogP contribution in [0.3, 0.4) is 0 Å². The van der Waals surface area contributed by atoms with E-state index in [1.165, 1.54) is 12.8 Å². The quantitative estimate of drug-likeness (QED) is 0.437. The van der Waals surface area contributed by atoms with E-state index in [9.17, 15) is 9.90 Å². The summed E-state index contributed by atoms with van der Waals surface area (Å²) in [5, 5.41) is 13.5. The fraction of sp³-hybridized carbons (Fsp3) is 0.500. The van der Waals surface area contributed by atoms with Gasteiger partial charge in [0.05, 0.1) is 20.0 Å². The highest BCUT2D eigenvalue weighted by molar-refractivity contribution is 5.79. The molecule has 0 unspecified atom stereocenters. The number of carbonyl (C=O) groups is 1. The monoisotopic (exact) mass is 469 g/mol. The maximum atomic E-state index is 12.2. The predicted octanol–water partition coefficient (Wildman–Crippen LogP) is -0.653. The zero-order chi connectivity index (χ0) is 17.8. The van der Waals surface area contributed by atoms with Gasteiger partial charge in [-0.3, -0.25) is 4.79 Å². The highest BCUT2D eigenvalue weighted by atomic mass is 127. The number of nitrogens with one attached hydrogen (secondary N) is 1.